The zero-order valence-corrected chi connectivity index (χ0v) is 13.0. The standard InChI is InChI=1S/C17H30O2/c1-16(2)12-7-8-17(16,3)13(10-12)11-5-6-14(18)15(9-11)19-4/h11-15,18H,5-10H2,1-4H3/t11?,12-,13+,14?,15?,17+/m1/s1. The van der Waals surface area contributed by atoms with Gasteiger partial charge in [0.1, 0.15) is 0 Å². The predicted octanol–water partition coefficient (Wildman–Crippen LogP) is 3.62. The highest BCUT2D eigenvalue weighted by Crippen LogP contribution is 2.70. The Morgan fingerprint density at radius 3 is 2.32 bits per heavy atom. The van der Waals surface area contributed by atoms with Crippen LogP contribution in [0.15, 0.2) is 0 Å². The van der Waals surface area contributed by atoms with Crippen LogP contribution in [0.25, 0.3) is 0 Å². The van der Waals surface area contributed by atoms with Gasteiger partial charge in [0.05, 0.1) is 12.2 Å². The van der Waals surface area contributed by atoms with Gasteiger partial charge in [-0.1, -0.05) is 20.8 Å². The van der Waals surface area contributed by atoms with E-state index in [1.54, 1.807) is 7.11 Å². The van der Waals surface area contributed by atoms with Crippen LogP contribution in [0.5, 0.6) is 0 Å². The fourth-order valence-corrected chi connectivity index (χ4v) is 5.74. The number of aliphatic hydroxyl groups excluding tert-OH is 1. The van der Waals surface area contributed by atoms with Gasteiger partial charge >= 0.3 is 0 Å². The van der Waals surface area contributed by atoms with Gasteiger partial charge in [0.15, 0.2) is 0 Å². The van der Waals surface area contributed by atoms with E-state index in [1.807, 2.05) is 0 Å². The van der Waals surface area contributed by atoms with Crippen LogP contribution in [0.2, 0.25) is 0 Å². The summed E-state index contributed by atoms with van der Waals surface area (Å²) in [6.07, 6.45) is 7.30. The molecule has 3 aliphatic rings. The lowest BCUT2D eigenvalue weighted by Crippen LogP contribution is -2.42. The van der Waals surface area contributed by atoms with Gasteiger partial charge in [-0.25, -0.2) is 0 Å². The summed E-state index contributed by atoms with van der Waals surface area (Å²) in [7, 11) is 1.75. The molecular weight excluding hydrogens is 236 g/mol. The van der Waals surface area contributed by atoms with E-state index in [2.05, 4.69) is 20.8 Å². The second kappa shape index (κ2) is 4.46. The molecule has 0 amide bonds. The first-order valence-electron chi connectivity index (χ1n) is 8.11. The van der Waals surface area contributed by atoms with Crippen LogP contribution in [0, 0.1) is 28.6 Å². The van der Waals surface area contributed by atoms with Crippen molar-refractivity contribution in [1.29, 1.82) is 0 Å². The van der Waals surface area contributed by atoms with E-state index in [-0.39, 0.29) is 12.2 Å². The summed E-state index contributed by atoms with van der Waals surface area (Å²) in [4.78, 5) is 0. The second-order valence-corrected chi connectivity index (χ2v) is 8.13. The van der Waals surface area contributed by atoms with Gasteiger partial charge in [-0.05, 0) is 67.1 Å². The minimum absolute atomic E-state index is 0.0737. The molecule has 3 aliphatic carbocycles. The number of rotatable bonds is 2. The SMILES string of the molecule is COC1CC([C@@H]2C[C@H]3CC[C@]2(C)C3(C)C)CCC1O. The van der Waals surface area contributed by atoms with Crippen molar-refractivity contribution >= 4 is 0 Å². The maximum atomic E-state index is 10.0. The molecular formula is C17H30O2. The molecule has 3 saturated carbocycles. The van der Waals surface area contributed by atoms with Gasteiger partial charge in [0.25, 0.3) is 0 Å². The maximum absolute atomic E-state index is 10.0. The fraction of sp³-hybridized carbons (Fsp3) is 1.00. The highest BCUT2D eigenvalue weighted by atomic mass is 16.5. The molecule has 3 rings (SSSR count). The van der Waals surface area contributed by atoms with E-state index in [4.69, 9.17) is 4.74 Å². The predicted molar refractivity (Wildman–Crippen MR) is 76.9 cm³/mol. The Morgan fingerprint density at radius 1 is 1.05 bits per heavy atom. The monoisotopic (exact) mass is 266 g/mol. The molecule has 0 saturated heterocycles. The van der Waals surface area contributed by atoms with Crippen molar-refractivity contribution in [2.24, 2.45) is 28.6 Å². The van der Waals surface area contributed by atoms with Gasteiger partial charge in [-0.15, -0.1) is 0 Å². The van der Waals surface area contributed by atoms with Gasteiger partial charge in [-0.3, -0.25) is 0 Å². The summed E-state index contributed by atoms with van der Waals surface area (Å²) in [5.74, 6) is 2.55. The van der Waals surface area contributed by atoms with Gasteiger partial charge in [0, 0.05) is 7.11 Å². The smallest absolute Gasteiger partial charge is 0.0832 e. The fourth-order valence-electron chi connectivity index (χ4n) is 5.74. The van der Waals surface area contributed by atoms with E-state index < -0.39 is 0 Å². The number of ether oxygens (including phenoxy) is 1. The Morgan fingerprint density at radius 2 is 1.79 bits per heavy atom. The number of aliphatic hydroxyl groups is 1. The molecule has 0 aromatic rings. The van der Waals surface area contributed by atoms with Gasteiger partial charge < -0.3 is 9.84 Å². The molecule has 0 aliphatic heterocycles. The molecule has 110 valence electrons. The molecule has 0 spiro atoms. The second-order valence-electron chi connectivity index (χ2n) is 8.13. The van der Waals surface area contributed by atoms with Gasteiger partial charge in [-0.2, -0.15) is 0 Å². The first kappa shape index (κ1) is 13.9. The third-order valence-corrected chi connectivity index (χ3v) is 7.53. The molecule has 0 aromatic carbocycles. The van der Waals surface area contributed by atoms with Crippen LogP contribution < -0.4 is 0 Å². The first-order chi connectivity index (χ1) is 8.90. The van der Waals surface area contributed by atoms with Crippen molar-refractivity contribution < 1.29 is 9.84 Å². The molecule has 2 nitrogen and oxygen atoms in total. The lowest BCUT2D eigenvalue weighted by atomic mass is 9.61. The quantitative estimate of drug-likeness (QED) is 0.827. The molecule has 0 radical (unpaired) electrons. The number of fused-ring (bicyclic) bond motifs is 2. The molecule has 2 bridgehead atoms. The molecule has 2 heteroatoms. The van der Waals surface area contributed by atoms with Crippen molar-refractivity contribution in [1.82, 2.24) is 0 Å². The molecule has 3 unspecified atom stereocenters. The number of methoxy groups -OCH3 is 1. The summed E-state index contributed by atoms with van der Waals surface area (Å²) >= 11 is 0. The molecule has 3 fully saturated rings. The van der Waals surface area contributed by atoms with Crippen LogP contribution in [-0.2, 0) is 4.74 Å². The van der Waals surface area contributed by atoms with Crippen molar-refractivity contribution in [2.45, 2.75) is 71.5 Å². The van der Waals surface area contributed by atoms with E-state index in [0.29, 0.717) is 10.8 Å². The lowest BCUT2D eigenvalue weighted by molar-refractivity contribution is -0.0712. The lowest BCUT2D eigenvalue weighted by Gasteiger charge is -2.45. The third-order valence-electron chi connectivity index (χ3n) is 7.53. The molecule has 19 heavy (non-hydrogen) atoms. The maximum Gasteiger partial charge on any atom is 0.0832 e. The zero-order valence-electron chi connectivity index (χ0n) is 13.0. The normalized spacial score (nSPS) is 52.6. The third kappa shape index (κ3) is 1.82. The van der Waals surface area contributed by atoms with Crippen molar-refractivity contribution in [3.05, 3.63) is 0 Å². The van der Waals surface area contributed by atoms with E-state index in [1.165, 1.54) is 25.7 Å². The van der Waals surface area contributed by atoms with Crippen molar-refractivity contribution in [3.63, 3.8) is 0 Å². The zero-order chi connectivity index (χ0) is 13.8. The topological polar surface area (TPSA) is 29.5 Å². The summed E-state index contributed by atoms with van der Waals surface area (Å²) in [6, 6.07) is 0. The highest BCUT2D eigenvalue weighted by Gasteiger charge is 2.62. The molecule has 1 N–H and O–H groups in total. The summed E-state index contributed by atoms with van der Waals surface area (Å²) in [6.45, 7) is 7.53. The van der Waals surface area contributed by atoms with Gasteiger partial charge in [0.2, 0.25) is 0 Å². The Hall–Kier alpha value is -0.0800. The molecule has 6 atom stereocenters. The van der Waals surface area contributed by atoms with E-state index in [0.717, 1.165) is 30.6 Å². The first-order valence-corrected chi connectivity index (χ1v) is 8.11. The number of hydrogen-bond acceptors (Lipinski definition) is 2. The minimum atomic E-state index is -0.236. The summed E-state index contributed by atoms with van der Waals surface area (Å²) < 4.78 is 5.51. The van der Waals surface area contributed by atoms with E-state index >= 15 is 0 Å². The Bertz CT molecular complexity index is 351. The van der Waals surface area contributed by atoms with E-state index in [9.17, 15) is 5.11 Å². The molecule has 0 aromatic heterocycles. The van der Waals surface area contributed by atoms with Crippen LogP contribution in [0.4, 0.5) is 0 Å². The Balaban J connectivity index is 1.78. The Kier molecular flexibility index (Phi) is 3.26. The average Bonchev–Trinajstić information content (AvgIpc) is 2.72. The van der Waals surface area contributed by atoms with Crippen molar-refractivity contribution in [2.75, 3.05) is 7.11 Å². The summed E-state index contributed by atoms with van der Waals surface area (Å²) in [5.41, 5.74) is 1.03. The van der Waals surface area contributed by atoms with Crippen LogP contribution in [0.3, 0.4) is 0 Å². The minimum Gasteiger partial charge on any atom is -0.390 e. The van der Waals surface area contributed by atoms with Crippen LogP contribution in [-0.4, -0.2) is 24.4 Å². The average molecular weight is 266 g/mol. The highest BCUT2D eigenvalue weighted by molar-refractivity contribution is 5.11. The molecule has 0 heterocycles. The summed E-state index contributed by atoms with van der Waals surface area (Å²) in [5, 5.41) is 10.0. The Labute approximate surface area is 117 Å². The largest absolute Gasteiger partial charge is 0.390 e. The number of hydrogen-bond donors (Lipinski definition) is 1. The van der Waals surface area contributed by atoms with Crippen molar-refractivity contribution in [3.8, 4) is 0 Å². The van der Waals surface area contributed by atoms with Crippen LogP contribution in [0.1, 0.15) is 59.3 Å². The van der Waals surface area contributed by atoms with Crippen LogP contribution >= 0.6 is 0 Å².